The average Bonchev–Trinajstić information content (AvgIpc) is 1.87. The van der Waals surface area contributed by atoms with E-state index in [-0.39, 0.29) is 13.1 Å². The Labute approximate surface area is 79.4 Å². The Bertz CT molecular complexity index is 142. The number of hydrogen-bond acceptors (Lipinski definition) is 1. The van der Waals surface area contributed by atoms with Crippen molar-refractivity contribution >= 4 is 23.2 Å². The van der Waals surface area contributed by atoms with Gasteiger partial charge in [0.2, 0.25) is 0 Å². The van der Waals surface area contributed by atoms with Gasteiger partial charge in [0, 0.05) is 0 Å². The summed E-state index contributed by atoms with van der Waals surface area (Å²) in [4.78, 5) is 0.927. The molecule has 0 unspecified atom stereocenters. The lowest BCUT2D eigenvalue weighted by atomic mass is 10.4. The average molecular weight is 224 g/mol. The molecule has 74 valence electrons. The molecule has 0 amide bonds. The highest BCUT2D eigenvalue weighted by atomic mass is 35.5. The van der Waals surface area contributed by atoms with Crippen molar-refractivity contribution in [1.29, 1.82) is 0 Å². The van der Waals surface area contributed by atoms with E-state index in [9.17, 15) is 13.2 Å². The Kier molecular flexibility index (Phi) is 4.14. The second-order valence-corrected chi connectivity index (χ2v) is 3.50. The van der Waals surface area contributed by atoms with Crippen LogP contribution in [0.3, 0.4) is 0 Å². The van der Waals surface area contributed by atoms with E-state index in [0.717, 1.165) is 4.90 Å². The Balaban J connectivity index is 4.57. The van der Waals surface area contributed by atoms with Gasteiger partial charge in [-0.15, -0.1) is 0 Å². The smallest absolute Gasteiger partial charge is 0.265 e. The molecule has 6 heteroatoms. The first-order valence-corrected chi connectivity index (χ1v) is 4.22. The van der Waals surface area contributed by atoms with Crippen LogP contribution in [0, 0.1) is 0 Å². The van der Waals surface area contributed by atoms with Crippen LogP contribution in [0.5, 0.6) is 0 Å². The minimum Gasteiger partial charge on any atom is -0.265 e. The highest BCUT2D eigenvalue weighted by Gasteiger charge is 2.55. The van der Waals surface area contributed by atoms with Crippen molar-refractivity contribution in [1.82, 2.24) is 4.90 Å². The van der Waals surface area contributed by atoms with Crippen molar-refractivity contribution in [2.75, 3.05) is 13.1 Å². The molecule has 0 aromatic rings. The number of rotatable bonds is 3. The van der Waals surface area contributed by atoms with E-state index in [1.807, 2.05) is 0 Å². The summed E-state index contributed by atoms with van der Waals surface area (Å²) in [6, 6.07) is 0. The molecule has 0 fully saturated rings. The van der Waals surface area contributed by atoms with Crippen molar-refractivity contribution in [3.05, 3.63) is 0 Å². The largest absolute Gasteiger partial charge is 0.435 e. The quantitative estimate of drug-likeness (QED) is 0.526. The first kappa shape index (κ1) is 12.3. The molecule has 0 aliphatic carbocycles. The normalized spacial score (nSPS) is 14.0. The third-order valence-corrected chi connectivity index (χ3v) is 2.41. The highest BCUT2D eigenvalue weighted by Crippen LogP contribution is 2.42. The molecular weight excluding hydrogens is 214 g/mol. The van der Waals surface area contributed by atoms with Crippen LogP contribution in [0.15, 0.2) is 0 Å². The van der Waals surface area contributed by atoms with Crippen molar-refractivity contribution in [3.63, 3.8) is 0 Å². The van der Waals surface area contributed by atoms with Crippen molar-refractivity contribution in [2.24, 2.45) is 0 Å². The van der Waals surface area contributed by atoms with Gasteiger partial charge in [-0.25, -0.2) is 0 Å². The third kappa shape index (κ3) is 2.41. The number of halogens is 5. The van der Waals surface area contributed by atoms with E-state index in [4.69, 9.17) is 23.2 Å². The monoisotopic (exact) mass is 223 g/mol. The Morgan fingerprint density at radius 1 is 1.08 bits per heavy atom. The molecule has 0 rings (SSSR count). The fourth-order valence-electron chi connectivity index (χ4n) is 0.800. The second-order valence-electron chi connectivity index (χ2n) is 2.21. The summed E-state index contributed by atoms with van der Waals surface area (Å²) < 4.78 is 33.7. The van der Waals surface area contributed by atoms with Gasteiger partial charge in [-0.1, -0.05) is 37.0 Å². The third-order valence-electron chi connectivity index (χ3n) is 1.50. The maximum Gasteiger partial charge on any atom is 0.435 e. The van der Waals surface area contributed by atoms with E-state index in [1.54, 1.807) is 13.8 Å². The van der Waals surface area contributed by atoms with Crippen LogP contribution in [0.2, 0.25) is 0 Å². The Hall–Kier alpha value is 0.330. The summed E-state index contributed by atoms with van der Waals surface area (Å²) in [5, 5.41) is 0. The molecule has 0 saturated heterocycles. The van der Waals surface area contributed by atoms with Crippen LogP contribution in [-0.4, -0.2) is 28.6 Å². The maximum atomic E-state index is 12.2. The number of hydrogen-bond donors (Lipinski definition) is 0. The molecular formula is C6H10Cl2F3N. The zero-order valence-electron chi connectivity index (χ0n) is 6.75. The fourth-order valence-corrected chi connectivity index (χ4v) is 1.28. The maximum absolute atomic E-state index is 12.2. The summed E-state index contributed by atoms with van der Waals surface area (Å²) >= 11 is 10.3. The van der Waals surface area contributed by atoms with Gasteiger partial charge in [-0.05, 0) is 13.1 Å². The molecule has 0 aliphatic heterocycles. The van der Waals surface area contributed by atoms with Crippen LogP contribution in [0.25, 0.3) is 0 Å². The van der Waals surface area contributed by atoms with Crippen molar-refractivity contribution in [2.45, 2.75) is 24.5 Å². The zero-order chi connectivity index (χ0) is 9.99. The molecule has 1 nitrogen and oxygen atoms in total. The summed E-state index contributed by atoms with van der Waals surface area (Å²) in [6.45, 7) is 3.44. The first-order valence-electron chi connectivity index (χ1n) is 3.47. The summed E-state index contributed by atoms with van der Waals surface area (Å²) in [5.41, 5.74) is 0. The van der Waals surface area contributed by atoms with Gasteiger partial charge in [0.15, 0.2) is 0 Å². The van der Waals surface area contributed by atoms with E-state index >= 15 is 0 Å². The molecule has 0 spiro atoms. The fraction of sp³-hybridized carbons (Fsp3) is 1.00. The number of nitrogens with zero attached hydrogens (tertiary/aromatic N) is 1. The molecule has 0 heterocycles. The Morgan fingerprint density at radius 2 is 1.42 bits per heavy atom. The zero-order valence-corrected chi connectivity index (χ0v) is 8.26. The minimum absolute atomic E-state index is 0.156. The van der Waals surface area contributed by atoms with Gasteiger partial charge in [0.1, 0.15) is 0 Å². The van der Waals surface area contributed by atoms with E-state index in [0.29, 0.717) is 0 Å². The van der Waals surface area contributed by atoms with Gasteiger partial charge < -0.3 is 0 Å². The van der Waals surface area contributed by atoms with Gasteiger partial charge in [0.05, 0.1) is 0 Å². The lowest BCUT2D eigenvalue weighted by Crippen LogP contribution is -2.50. The standard InChI is InChI=1S/C6H10Cl2F3N/c1-3-12(4-2)5(7,8)6(9,10)11/h3-4H2,1-2H3. The SMILES string of the molecule is CCN(CC)C(Cl)(Cl)C(F)(F)F. The second kappa shape index (κ2) is 4.03. The van der Waals surface area contributed by atoms with Gasteiger partial charge in [0.25, 0.3) is 4.46 Å². The van der Waals surface area contributed by atoms with Gasteiger partial charge in [-0.3, -0.25) is 4.90 Å². The highest BCUT2D eigenvalue weighted by molar-refractivity contribution is 6.48. The van der Waals surface area contributed by atoms with E-state index < -0.39 is 10.6 Å². The Morgan fingerprint density at radius 3 is 1.50 bits per heavy atom. The van der Waals surface area contributed by atoms with Crippen LogP contribution < -0.4 is 0 Å². The topological polar surface area (TPSA) is 3.24 Å². The van der Waals surface area contributed by atoms with Crippen LogP contribution >= 0.6 is 23.2 Å². The molecule has 0 atom stereocenters. The molecule has 0 aliphatic rings. The predicted molar refractivity (Wildman–Crippen MR) is 43.4 cm³/mol. The van der Waals surface area contributed by atoms with Crippen molar-refractivity contribution in [3.8, 4) is 0 Å². The van der Waals surface area contributed by atoms with E-state index in [1.165, 1.54) is 0 Å². The van der Waals surface area contributed by atoms with Gasteiger partial charge in [-0.2, -0.15) is 13.2 Å². The number of alkyl halides is 5. The molecule has 0 bridgehead atoms. The molecule has 0 N–H and O–H groups in total. The summed E-state index contributed by atoms with van der Waals surface area (Å²) in [6.07, 6.45) is -4.62. The molecule has 0 radical (unpaired) electrons. The van der Waals surface area contributed by atoms with Gasteiger partial charge >= 0.3 is 6.18 Å². The van der Waals surface area contributed by atoms with Crippen LogP contribution in [0.4, 0.5) is 13.2 Å². The van der Waals surface area contributed by atoms with E-state index in [2.05, 4.69) is 0 Å². The first-order chi connectivity index (χ1) is 5.27. The lowest BCUT2D eigenvalue weighted by Gasteiger charge is -2.33. The lowest BCUT2D eigenvalue weighted by molar-refractivity contribution is -0.173. The molecule has 0 saturated carbocycles. The summed E-state index contributed by atoms with van der Waals surface area (Å²) in [7, 11) is 0. The van der Waals surface area contributed by atoms with Crippen LogP contribution in [0.1, 0.15) is 13.8 Å². The van der Waals surface area contributed by atoms with Crippen LogP contribution in [-0.2, 0) is 0 Å². The minimum atomic E-state index is -4.62. The molecule has 12 heavy (non-hydrogen) atoms. The molecule has 0 aromatic heterocycles. The predicted octanol–water partition coefficient (Wildman–Crippen LogP) is 3.02. The molecule has 0 aromatic carbocycles. The summed E-state index contributed by atoms with van der Waals surface area (Å²) in [5.74, 6) is 0. The van der Waals surface area contributed by atoms with Crippen molar-refractivity contribution < 1.29 is 13.2 Å².